The maximum absolute atomic E-state index is 12.7. The van der Waals surface area contributed by atoms with Crippen LogP contribution in [-0.2, 0) is 4.79 Å². The average Bonchev–Trinajstić information content (AvgIpc) is 2.89. The van der Waals surface area contributed by atoms with E-state index >= 15 is 0 Å². The lowest BCUT2D eigenvalue weighted by atomic mass is 10.0. The standard InChI is InChI=1S/C21H14ClN5O3/c22-14-6-11-18-17(12-14)19(13-4-2-1-3-5-13)24-20(21(28)23-18)26-25-15-7-9-16(10-8-15)27(29)30/h1-12,20H,(H,23,28). The van der Waals surface area contributed by atoms with Crippen LogP contribution in [0.4, 0.5) is 17.1 Å². The van der Waals surface area contributed by atoms with Gasteiger partial charge in [0.15, 0.2) is 0 Å². The highest BCUT2D eigenvalue weighted by molar-refractivity contribution is 6.32. The number of aliphatic imine (C=N–C) groups is 1. The number of nitro benzene ring substituents is 1. The number of hydrogen-bond acceptors (Lipinski definition) is 6. The lowest BCUT2D eigenvalue weighted by molar-refractivity contribution is -0.384. The summed E-state index contributed by atoms with van der Waals surface area (Å²) >= 11 is 6.17. The number of benzodiazepines with no additional fused rings is 1. The van der Waals surface area contributed by atoms with E-state index in [9.17, 15) is 14.9 Å². The Bertz CT molecular complexity index is 1180. The van der Waals surface area contributed by atoms with Crippen molar-refractivity contribution in [1.82, 2.24) is 0 Å². The zero-order valence-corrected chi connectivity index (χ0v) is 16.2. The number of nitrogens with one attached hydrogen (secondary N) is 1. The van der Waals surface area contributed by atoms with Crippen molar-refractivity contribution in [1.29, 1.82) is 0 Å². The molecule has 1 heterocycles. The maximum atomic E-state index is 12.7. The molecule has 3 aromatic carbocycles. The zero-order chi connectivity index (χ0) is 21.1. The van der Waals surface area contributed by atoms with E-state index in [1.165, 1.54) is 24.3 Å². The number of carbonyl (C=O) groups excluding carboxylic acids is 1. The first kappa shape index (κ1) is 19.4. The molecular weight excluding hydrogens is 406 g/mol. The summed E-state index contributed by atoms with van der Waals surface area (Å²) in [7, 11) is 0. The van der Waals surface area contributed by atoms with Crippen LogP contribution in [0.3, 0.4) is 0 Å². The maximum Gasteiger partial charge on any atom is 0.273 e. The van der Waals surface area contributed by atoms with Crippen molar-refractivity contribution >= 4 is 40.3 Å². The number of hydrogen-bond donors (Lipinski definition) is 1. The van der Waals surface area contributed by atoms with E-state index in [1.54, 1.807) is 18.2 Å². The van der Waals surface area contributed by atoms with Gasteiger partial charge in [0.25, 0.3) is 11.6 Å². The van der Waals surface area contributed by atoms with Gasteiger partial charge in [-0.2, -0.15) is 10.2 Å². The van der Waals surface area contributed by atoms with E-state index in [-0.39, 0.29) is 5.69 Å². The molecule has 3 aromatic rings. The van der Waals surface area contributed by atoms with Gasteiger partial charge < -0.3 is 5.32 Å². The fraction of sp³-hybridized carbons (Fsp3) is 0.0476. The van der Waals surface area contributed by atoms with Gasteiger partial charge in [-0.05, 0) is 30.3 Å². The molecule has 1 amide bonds. The summed E-state index contributed by atoms with van der Waals surface area (Å²) in [4.78, 5) is 27.5. The molecule has 0 fully saturated rings. The highest BCUT2D eigenvalue weighted by atomic mass is 35.5. The van der Waals surface area contributed by atoms with Crippen LogP contribution < -0.4 is 5.32 Å². The number of nitrogens with zero attached hydrogens (tertiary/aromatic N) is 4. The third-order valence-electron chi connectivity index (χ3n) is 4.37. The van der Waals surface area contributed by atoms with Gasteiger partial charge in [-0.3, -0.25) is 14.9 Å². The van der Waals surface area contributed by atoms with E-state index in [0.29, 0.717) is 27.7 Å². The van der Waals surface area contributed by atoms with Gasteiger partial charge in [0.05, 0.1) is 22.0 Å². The number of fused-ring (bicyclic) bond motifs is 1. The van der Waals surface area contributed by atoms with Crippen LogP contribution in [0.1, 0.15) is 11.1 Å². The molecule has 0 aromatic heterocycles. The molecule has 1 atom stereocenters. The third kappa shape index (κ3) is 4.08. The van der Waals surface area contributed by atoms with E-state index in [4.69, 9.17) is 11.6 Å². The largest absolute Gasteiger partial charge is 0.322 e. The Morgan fingerprint density at radius 1 is 1.03 bits per heavy atom. The minimum atomic E-state index is -1.14. The van der Waals surface area contributed by atoms with Gasteiger partial charge in [-0.25, -0.2) is 4.99 Å². The molecule has 1 unspecified atom stereocenters. The molecule has 0 saturated carbocycles. The SMILES string of the molecule is O=C1Nc2ccc(Cl)cc2C(c2ccccc2)=NC1N=Nc1ccc([N+](=O)[O-])cc1. The van der Waals surface area contributed by atoms with Gasteiger partial charge in [0.2, 0.25) is 6.17 Å². The van der Waals surface area contributed by atoms with E-state index < -0.39 is 17.0 Å². The average molecular weight is 420 g/mol. The lowest BCUT2D eigenvalue weighted by Gasteiger charge is -2.10. The number of rotatable bonds is 4. The first-order valence-corrected chi connectivity index (χ1v) is 9.28. The summed E-state index contributed by atoms with van der Waals surface area (Å²) in [5.41, 5.74) is 2.91. The van der Waals surface area contributed by atoms with Gasteiger partial charge in [0.1, 0.15) is 0 Å². The highest BCUT2D eigenvalue weighted by Gasteiger charge is 2.26. The van der Waals surface area contributed by atoms with Crippen molar-refractivity contribution in [2.75, 3.05) is 5.32 Å². The minimum Gasteiger partial charge on any atom is -0.322 e. The molecule has 0 bridgehead atoms. The smallest absolute Gasteiger partial charge is 0.273 e. The van der Waals surface area contributed by atoms with Gasteiger partial charge in [-0.15, -0.1) is 0 Å². The summed E-state index contributed by atoms with van der Waals surface area (Å²) < 4.78 is 0. The third-order valence-corrected chi connectivity index (χ3v) is 4.61. The molecule has 9 heteroatoms. The van der Waals surface area contributed by atoms with Crippen LogP contribution in [0.5, 0.6) is 0 Å². The lowest BCUT2D eigenvalue weighted by Crippen LogP contribution is -2.23. The fourth-order valence-electron chi connectivity index (χ4n) is 2.94. The topological polar surface area (TPSA) is 109 Å². The number of carbonyl (C=O) groups is 1. The van der Waals surface area contributed by atoms with Crippen molar-refractivity contribution in [3.05, 3.63) is 99.1 Å². The van der Waals surface area contributed by atoms with Crippen LogP contribution in [-0.4, -0.2) is 22.7 Å². The number of anilines is 1. The Morgan fingerprint density at radius 3 is 2.47 bits per heavy atom. The molecule has 0 saturated heterocycles. The Labute approximate surface area is 176 Å². The van der Waals surface area contributed by atoms with Crippen LogP contribution in [0.15, 0.2) is 88.0 Å². The quantitative estimate of drug-likeness (QED) is 0.358. The number of amides is 1. The predicted molar refractivity (Wildman–Crippen MR) is 114 cm³/mol. The minimum absolute atomic E-state index is 0.0575. The van der Waals surface area contributed by atoms with E-state index in [0.717, 1.165) is 5.56 Å². The molecule has 30 heavy (non-hydrogen) atoms. The van der Waals surface area contributed by atoms with Crippen molar-refractivity contribution < 1.29 is 9.72 Å². The van der Waals surface area contributed by atoms with Crippen molar-refractivity contribution in [3.63, 3.8) is 0 Å². The van der Waals surface area contributed by atoms with Crippen LogP contribution in [0.2, 0.25) is 5.02 Å². The molecule has 4 rings (SSSR count). The number of azo groups is 1. The van der Waals surface area contributed by atoms with Gasteiger partial charge in [0, 0.05) is 28.3 Å². The molecule has 0 radical (unpaired) electrons. The number of halogens is 1. The number of nitro groups is 1. The molecule has 1 N–H and O–H groups in total. The molecular formula is C21H14ClN5O3. The second kappa shape index (κ2) is 8.22. The molecule has 148 valence electrons. The van der Waals surface area contributed by atoms with Crippen molar-refractivity contribution in [2.24, 2.45) is 15.2 Å². The molecule has 0 aliphatic carbocycles. The van der Waals surface area contributed by atoms with Crippen molar-refractivity contribution in [3.8, 4) is 0 Å². The monoisotopic (exact) mass is 419 g/mol. The molecule has 0 spiro atoms. The van der Waals surface area contributed by atoms with Crippen LogP contribution >= 0.6 is 11.6 Å². The highest BCUT2D eigenvalue weighted by Crippen LogP contribution is 2.28. The normalized spacial score (nSPS) is 15.8. The Hall–Kier alpha value is -3.91. The summed E-state index contributed by atoms with van der Waals surface area (Å²) in [5.74, 6) is -0.449. The van der Waals surface area contributed by atoms with E-state index in [1.807, 2.05) is 30.3 Å². The molecule has 1 aliphatic heterocycles. The summed E-state index contributed by atoms with van der Waals surface area (Å²) in [5, 5.41) is 22.2. The number of benzene rings is 3. The number of non-ortho nitro benzene ring substituents is 1. The zero-order valence-electron chi connectivity index (χ0n) is 15.4. The first-order chi connectivity index (χ1) is 14.5. The molecule has 8 nitrogen and oxygen atoms in total. The summed E-state index contributed by atoms with van der Waals surface area (Å²) in [6.07, 6.45) is -1.14. The van der Waals surface area contributed by atoms with Crippen LogP contribution in [0.25, 0.3) is 0 Å². The van der Waals surface area contributed by atoms with Gasteiger partial charge >= 0.3 is 0 Å². The summed E-state index contributed by atoms with van der Waals surface area (Å²) in [6.45, 7) is 0. The Balaban J connectivity index is 1.74. The van der Waals surface area contributed by atoms with Crippen molar-refractivity contribution in [2.45, 2.75) is 6.17 Å². The van der Waals surface area contributed by atoms with Crippen LogP contribution in [0, 0.1) is 10.1 Å². The van der Waals surface area contributed by atoms with Gasteiger partial charge in [-0.1, -0.05) is 41.9 Å². The Kier molecular flexibility index (Phi) is 5.32. The predicted octanol–water partition coefficient (Wildman–Crippen LogP) is 5.15. The van der Waals surface area contributed by atoms with E-state index in [2.05, 4.69) is 20.5 Å². The summed E-state index contributed by atoms with van der Waals surface area (Å²) in [6, 6.07) is 20.0. The second-order valence-electron chi connectivity index (χ2n) is 6.39. The fourth-order valence-corrected chi connectivity index (χ4v) is 3.11. The first-order valence-electron chi connectivity index (χ1n) is 8.90. The molecule has 1 aliphatic rings. The second-order valence-corrected chi connectivity index (χ2v) is 6.82. The Morgan fingerprint density at radius 2 is 1.77 bits per heavy atom.